The number of pyridine rings is 1. The molecule has 0 bridgehead atoms. The number of alkyl halides is 2. The van der Waals surface area contributed by atoms with E-state index in [1.807, 2.05) is 0 Å². The summed E-state index contributed by atoms with van der Waals surface area (Å²) in [6, 6.07) is 0. The average molecular weight is 309 g/mol. The van der Waals surface area contributed by atoms with Crippen molar-refractivity contribution in [2.45, 2.75) is 19.4 Å². The highest BCUT2D eigenvalue weighted by Crippen LogP contribution is 2.30. The Morgan fingerprint density at radius 2 is 2.29 bits per heavy atom. The summed E-state index contributed by atoms with van der Waals surface area (Å²) in [4.78, 5) is 14.9. The number of hydrogen-bond acceptors (Lipinski definition) is 4. The maximum atomic E-state index is 12.6. The normalized spacial score (nSPS) is 10.7. The lowest BCUT2D eigenvalue weighted by Gasteiger charge is -2.11. The molecule has 0 radical (unpaired) electrons. The SMILES string of the molecule is COC(=O)Cc1ncc(C(F)F)c(Br)c1CN. The molecule has 0 fully saturated rings. The van der Waals surface area contributed by atoms with E-state index >= 15 is 0 Å². The van der Waals surface area contributed by atoms with Crippen molar-refractivity contribution in [3.63, 3.8) is 0 Å². The summed E-state index contributed by atoms with van der Waals surface area (Å²) in [6.45, 7) is 0.0144. The van der Waals surface area contributed by atoms with Gasteiger partial charge in [-0.3, -0.25) is 9.78 Å². The molecule has 1 rings (SSSR count). The number of nitrogens with zero attached hydrogens (tertiary/aromatic N) is 1. The van der Waals surface area contributed by atoms with Gasteiger partial charge in [-0.25, -0.2) is 8.78 Å². The molecule has 0 saturated carbocycles. The van der Waals surface area contributed by atoms with Crippen molar-refractivity contribution < 1.29 is 18.3 Å². The maximum absolute atomic E-state index is 12.6. The number of nitrogens with two attached hydrogens (primary N) is 1. The number of halogens is 3. The first-order valence-electron chi connectivity index (χ1n) is 4.72. The standard InChI is InChI=1S/C10H11BrF2N2O2/c1-17-8(16)2-7-5(3-14)9(11)6(4-15-7)10(12)13/h4,10H,2-3,14H2,1H3. The average Bonchev–Trinajstić information content (AvgIpc) is 2.28. The van der Waals surface area contributed by atoms with Gasteiger partial charge in [-0.15, -0.1) is 0 Å². The van der Waals surface area contributed by atoms with Crippen LogP contribution < -0.4 is 5.73 Å². The van der Waals surface area contributed by atoms with Crippen LogP contribution in [0.3, 0.4) is 0 Å². The van der Waals surface area contributed by atoms with Crippen molar-refractivity contribution in [2.75, 3.05) is 7.11 Å². The topological polar surface area (TPSA) is 65.2 Å². The monoisotopic (exact) mass is 308 g/mol. The molecule has 0 amide bonds. The number of aromatic nitrogens is 1. The van der Waals surface area contributed by atoms with Gasteiger partial charge in [0, 0.05) is 22.8 Å². The molecule has 0 aliphatic rings. The molecular formula is C10H11BrF2N2O2. The van der Waals surface area contributed by atoms with E-state index in [0.717, 1.165) is 6.20 Å². The van der Waals surface area contributed by atoms with E-state index < -0.39 is 12.4 Å². The molecule has 94 valence electrons. The molecule has 0 aromatic carbocycles. The second-order valence-corrected chi connectivity index (χ2v) is 4.00. The summed E-state index contributed by atoms with van der Waals surface area (Å²) in [5, 5.41) is 0. The summed E-state index contributed by atoms with van der Waals surface area (Å²) in [5.41, 5.74) is 5.97. The molecule has 2 N–H and O–H groups in total. The third kappa shape index (κ3) is 3.19. The first-order valence-corrected chi connectivity index (χ1v) is 5.51. The predicted octanol–water partition coefficient (Wildman–Crippen LogP) is 1.96. The molecule has 1 aromatic rings. The highest BCUT2D eigenvalue weighted by molar-refractivity contribution is 9.10. The predicted molar refractivity (Wildman–Crippen MR) is 60.5 cm³/mol. The molecule has 0 saturated heterocycles. The van der Waals surface area contributed by atoms with Crippen LogP contribution in [0.15, 0.2) is 10.7 Å². The van der Waals surface area contributed by atoms with Crippen molar-refractivity contribution >= 4 is 21.9 Å². The number of carbonyl (C=O) groups is 1. The molecule has 0 spiro atoms. The van der Waals surface area contributed by atoms with E-state index in [9.17, 15) is 13.6 Å². The molecule has 7 heteroatoms. The van der Waals surface area contributed by atoms with E-state index in [1.54, 1.807) is 0 Å². The second-order valence-electron chi connectivity index (χ2n) is 3.21. The van der Waals surface area contributed by atoms with Gasteiger partial charge in [0.1, 0.15) is 0 Å². The van der Waals surface area contributed by atoms with Crippen LogP contribution in [-0.2, 0) is 22.5 Å². The van der Waals surface area contributed by atoms with E-state index in [2.05, 4.69) is 25.7 Å². The molecule has 1 heterocycles. The zero-order chi connectivity index (χ0) is 13.0. The number of rotatable bonds is 4. The lowest BCUT2D eigenvalue weighted by molar-refractivity contribution is -0.139. The fourth-order valence-electron chi connectivity index (χ4n) is 1.30. The highest BCUT2D eigenvalue weighted by atomic mass is 79.9. The maximum Gasteiger partial charge on any atom is 0.311 e. The first-order chi connectivity index (χ1) is 8.01. The number of hydrogen-bond donors (Lipinski definition) is 1. The van der Waals surface area contributed by atoms with Crippen LogP contribution in [0.1, 0.15) is 23.2 Å². The molecule has 0 aliphatic heterocycles. The Morgan fingerprint density at radius 3 is 2.76 bits per heavy atom. The number of ether oxygens (including phenoxy) is 1. The van der Waals surface area contributed by atoms with Crippen molar-refractivity contribution in [3.8, 4) is 0 Å². The lowest BCUT2D eigenvalue weighted by atomic mass is 10.1. The summed E-state index contributed by atoms with van der Waals surface area (Å²) in [5.74, 6) is -0.496. The summed E-state index contributed by atoms with van der Waals surface area (Å²) < 4.78 is 29.9. The summed E-state index contributed by atoms with van der Waals surface area (Å²) in [7, 11) is 1.24. The van der Waals surface area contributed by atoms with Crippen LogP contribution in [-0.4, -0.2) is 18.1 Å². The van der Waals surface area contributed by atoms with Crippen LogP contribution >= 0.6 is 15.9 Å². The van der Waals surface area contributed by atoms with E-state index in [1.165, 1.54) is 7.11 Å². The van der Waals surface area contributed by atoms with Gasteiger partial charge in [0.05, 0.1) is 24.8 Å². The fourth-order valence-corrected chi connectivity index (χ4v) is 1.97. The zero-order valence-electron chi connectivity index (χ0n) is 9.04. The largest absolute Gasteiger partial charge is 0.469 e. The quantitative estimate of drug-likeness (QED) is 0.864. The van der Waals surface area contributed by atoms with Crippen LogP contribution in [0.4, 0.5) is 8.78 Å². The second kappa shape index (κ2) is 6.02. The van der Waals surface area contributed by atoms with Gasteiger partial charge in [-0.1, -0.05) is 0 Å². The lowest BCUT2D eigenvalue weighted by Crippen LogP contribution is -2.13. The fraction of sp³-hybridized carbons (Fsp3) is 0.400. The van der Waals surface area contributed by atoms with Gasteiger partial charge in [0.2, 0.25) is 0 Å². The Balaban J connectivity index is 3.16. The highest BCUT2D eigenvalue weighted by Gasteiger charge is 2.19. The Kier molecular flexibility index (Phi) is 4.95. The molecule has 4 nitrogen and oxygen atoms in total. The van der Waals surface area contributed by atoms with Crippen LogP contribution in [0.25, 0.3) is 0 Å². The first kappa shape index (κ1) is 14.0. The van der Waals surface area contributed by atoms with Crippen LogP contribution in [0.2, 0.25) is 0 Å². The van der Waals surface area contributed by atoms with E-state index in [-0.39, 0.29) is 23.0 Å². The number of carbonyl (C=O) groups excluding carboxylic acids is 1. The van der Waals surface area contributed by atoms with Crippen molar-refractivity contribution in [1.29, 1.82) is 0 Å². The molecular weight excluding hydrogens is 298 g/mol. The van der Waals surface area contributed by atoms with Crippen molar-refractivity contribution in [1.82, 2.24) is 4.98 Å². The molecule has 0 aliphatic carbocycles. The van der Waals surface area contributed by atoms with Gasteiger partial charge in [-0.05, 0) is 15.9 Å². The zero-order valence-corrected chi connectivity index (χ0v) is 10.6. The molecule has 0 atom stereocenters. The number of methoxy groups -OCH3 is 1. The van der Waals surface area contributed by atoms with Gasteiger partial charge >= 0.3 is 5.97 Å². The molecule has 1 aromatic heterocycles. The van der Waals surface area contributed by atoms with Gasteiger partial charge in [0.15, 0.2) is 0 Å². The van der Waals surface area contributed by atoms with Crippen LogP contribution in [0.5, 0.6) is 0 Å². The van der Waals surface area contributed by atoms with E-state index in [0.29, 0.717) is 11.3 Å². The molecule has 0 unspecified atom stereocenters. The van der Waals surface area contributed by atoms with Gasteiger partial charge in [0.25, 0.3) is 6.43 Å². The van der Waals surface area contributed by atoms with Crippen molar-refractivity contribution in [3.05, 3.63) is 27.5 Å². The Hall–Kier alpha value is -1.08. The van der Waals surface area contributed by atoms with Crippen LogP contribution in [0, 0.1) is 0 Å². The van der Waals surface area contributed by atoms with Crippen molar-refractivity contribution in [2.24, 2.45) is 5.73 Å². The third-order valence-electron chi connectivity index (χ3n) is 2.20. The Bertz CT molecular complexity index is 427. The minimum atomic E-state index is -2.64. The smallest absolute Gasteiger partial charge is 0.311 e. The van der Waals surface area contributed by atoms with Gasteiger partial charge in [-0.2, -0.15) is 0 Å². The minimum absolute atomic E-state index is 0.0144. The summed E-state index contributed by atoms with van der Waals surface area (Å²) >= 11 is 3.05. The van der Waals surface area contributed by atoms with E-state index in [4.69, 9.17) is 5.73 Å². The Labute approximate surface area is 105 Å². The molecule has 17 heavy (non-hydrogen) atoms. The third-order valence-corrected chi connectivity index (χ3v) is 3.14. The Morgan fingerprint density at radius 1 is 1.65 bits per heavy atom. The number of esters is 1. The van der Waals surface area contributed by atoms with Gasteiger partial charge < -0.3 is 10.5 Å². The summed E-state index contributed by atoms with van der Waals surface area (Å²) in [6.07, 6.45) is -1.70. The minimum Gasteiger partial charge on any atom is -0.469 e.